The molecule has 0 saturated carbocycles. The number of rotatable bonds is 11. The minimum atomic E-state index is -0.522. The molecule has 9 heteroatoms. The average molecular weight is 537 g/mol. The van der Waals surface area contributed by atoms with Crippen LogP contribution >= 0.6 is 0 Å². The number of nitrogens with zero attached hydrogens (tertiary/aromatic N) is 2. The van der Waals surface area contributed by atoms with E-state index in [2.05, 4.69) is 21.6 Å². The zero-order valence-electron chi connectivity index (χ0n) is 23.1. The van der Waals surface area contributed by atoms with Crippen LogP contribution in [-0.4, -0.2) is 61.8 Å². The van der Waals surface area contributed by atoms with Crippen LogP contribution in [0.25, 0.3) is 0 Å². The average Bonchev–Trinajstić information content (AvgIpc) is 2.93. The standard InChI is InChI=1S/C30H40N4O5/c1-30(2,3)39-29(37)34-19-17-33(18-20-34)26-14-10-13-25(21-26)27(15-8-5-9-16-31-23-35)32-28(36)38-22-24-11-6-4-7-12-24/h4-8,10-14,21,23,27H,9,15-20,22H2,1-3H3,(H,31,35)(H,32,36)/b8-5+/t27-/m0/s1. The fraction of sp³-hybridized carbons (Fsp3) is 0.433. The first kappa shape index (κ1) is 29.5. The molecule has 3 amide bonds. The van der Waals surface area contributed by atoms with Gasteiger partial charge in [-0.25, -0.2) is 9.59 Å². The van der Waals surface area contributed by atoms with Crippen molar-refractivity contribution in [1.82, 2.24) is 15.5 Å². The van der Waals surface area contributed by atoms with Crippen LogP contribution in [0.5, 0.6) is 0 Å². The predicted molar refractivity (Wildman–Crippen MR) is 151 cm³/mol. The minimum Gasteiger partial charge on any atom is -0.445 e. The number of anilines is 1. The summed E-state index contributed by atoms with van der Waals surface area (Å²) in [7, 11) is 0. The van der Waals surface area contributed by atoms with E-state index in [1.165, 1.54) is 0 Å². The Balaban J connectivity index is 1.64. The highest BCUT2D eigenvalue weighted by molar-refractivity contribution is 5.69. The topological polar surface area (TPSA) is 100 Å². The lowest BCUT2D eigenvalue weighted by atomic mass is 10.0. The largest absolute Gasteiger partial charge is 0.445 e. The summed E-state index contributed by atoms with van der Waals surface area (Å²) in [4.78, 5) is 39.6. The lowest BCUT2D eigenvalue weighted by Gasteiger charge is -2.37. The van der Waals surface area contributed by atoms with Gasteiger partial charge in [0.25, 0.3) is 0 Å². The first-order chi connectivity index (χ1) is 18.7. The van der Waals surface area contributed by atoms with Crippen molar-refractivity contribution in [2.24, 2.45) is 0 Å². The molecule has 1 heterocycles. The van der Waals surface area contributed by atoms with E-state index in [-0.39, 0.29) is 18.7 Å². The second kappa shape index (κ2) is 14.8. The van der Waals surface area contributed by atoms with Crippen molar-refractivity contribution in [2.75, 3.05) is 37.6 Å². The molecule has 0 unspecified atom stereocenters. The Morgan fingerprint density at radius 2 is 1.74 bits per heavy atom. The Hall–Kier alpha value is -4.01. The third kappa shape index (κ3) is 10.3. The minimum absolute atomic E-state index is 0.189. The Kier molecular flexibility index (Phi) is 11.2. The van der Waals surface area contributed by atoms with Crippen molar-refractivity contribution in [3.05, 3.63) is 77.9 Å². The van der Waals surface area contributed by atoms with Gasteiger partial charge in [-0.2, -0.15) is 0 Å². The van der Waals surface area contributed by atoms with Gasteiger partial charge >= 0.3 is 12.2 Å². The Bertz CT molecular complexity index is 1090. The van der Waals surface area contributed by atoms with Gasteiger partial charge in [0.1, 0.15) is 12.2 Å². The van der Waals surface area contributed by atoms with Gasteiger partial charge in [0.2, 0.25) is 6.41 Å². The first-order valence-corrected chi connectivity index (χ1v) is 13.4. The molecule has 1 atom stereocenters. The molecule has 9 nitrogen and oxygen atoms in total. The number of benzene rings is 2. The van der Waals surface area contributed by atoms with Crippen LogP contribution in [0.4, 0.5) is 15.3 Å². The number of alkyl carbamates (subject to hydrolysis) is 1. The summed E-state index contributed by atoms with van der Waals surface area (Å²) in [6.07, 6.45) is 5.16. The molecular formula is C30H40N4O5. The highest BCUT2D eigenvalue weighted by Gasteiger charge is 2.26. The molecule has 1 aliphatic rings. The van der Waals surface area contributed by atoms with Crippen LogP contribution in [0, 0.1) is 0 Å². The van der Waals surface area contributed by atoms with E-state index in [0.717, 1.165) is 16.8 Å². The van der Waals surface area contributed by atoms with E-state index in [1.807, 2.05) is 81.5 Å². The van der Waals surface area contributed by atoms with Gasteiger partial charge in [-0.3, -0.25) is 4.79 Å². The molecule has 39 heavy (non-hydrogen) atoms. The molecule has 0 bridgehead atoms. The van der Waals surface area contributed by atoms with Crippen LogP contribution in [0.3, 0.4) is 0 Å². The Labute approximate surface area is 231 Å². The van der Waals surface area contributed by atoms with Gasteiger partial charge in [-0.05, 0) is 56.9 Å². The smallest absolute Gasteiger partial charge is 0.410 e. The summed E-state index contributed by atoms with van der Waals surface area (Å²) in [6.45, 7) is 8.86. The highest BCUT2D eigenvalue weighted by atomic mass is 16.6. The third-order valence-corrected chi connectivity index (χ3v) is 6.15. The van der Waals surface area contributed by atoms with E-state index < -0.39 is 11.7 Å². The number of amides is 3. The lowest BCUT2D eigenvalue weighted by Crippen LogP contribution is -2.50. The number of ether oxygens (including phenoxy) is 2. The zero-order valence-corrected chi connectivity index (χ0v) is 23.1. The maximum atomic E-state index is 12.7. The quantitative estimate of drug-likeness (QED) is 0.243. The number of piperazine rings is 1. The van der Waals surface area contributed by atoms with Crippen molar-refractivity contribution < 1.29 is 23.9 Å². The van der Waals surface area contributed by atoms with E-state index in [4.69, 9.17) is 9.47 Å². The molecule has 2 aromatic carbocycles. The van der Waals surface area contributed by atoms with E-state index in [1.54, 1.807) is 4.90 Å². The third-order valence-electron chi connectivity index (χ3n) is 6.15. The normalized spacial score (nSPS) is 14.5. The fourth-order valence-corrected chi connectivity index (χ4v) is 4.17. The van der Waals surface area contributed by atoms with Gasteiger partial charge in [-0.1, -0.05) is 54.6 Å². The van der Waals surface area contributed by atoms with Gasteiger partial charge in [-0.15, -0.1) is 0 Å². The molecule has 1 saturated heterocycles. The maximum Gasteiger partial charge on any atom is 0.410 e. The summed E-state index contributed by atoms with van der Waals surface area (Å²) < 4.78 is 11.0. The van der Waals surface area contributed by atoms with Crippen molar-refractivity contribution in [2.45, 2.75) is 51.9 Å². The molecule has 0 aliphatic carbocycles. The highest BCUT2D eigenvalue weighted by Crippen LogP contribution is 2.25. The van der Waals surface area contributed by atoms with E-state index in [0.29, 0.717) is 52.0 Å². The van der Waals surface area contributed by atoms with Gasteiger partial charge in [0.05, 0.1) is 6.04 Å². The SMILES string of the molecule is CC(C)(C)OC(=O)N1CCN(c2cccc([C@H](C/C=C/CCNC=O)NC(=O)OCc3ccccc3)c2)CC1. The summed E-state index contributed by atoms with van der Waals surface area (Å²) in [5, 5.41) is 5.65. The predicted octanol–water partition coefficient (Wildman–Crippen LogP) is 4.79. The van der Waals surface area contributed by atoms with Crippen LogP contribution in [0.1, 0.15) is 50.8 Å². The second-order valence-corrected chi connectivity index (χ2v) is 10.4. The monoisotopic (exact) mass is 536 g/mol. The number of hydrogen-bond acceptors (Lipinski definition) is 6. The first-order valence-electron chi connectivity index (χ1n) is 13.4. The summed E-state index contributed by atoms with van der Waals surface area (Å²) in [5.74, 6) is 0. The molecule has 1 fully saturated rings. The van der Waals surface area contributed by atoms with Crippen LogP contribution < -0.4 is 15.5 Å². The number of carbonyl (C=O) groups excluding carboxylic acids is 3. The van der Waals surface area contributed by atoms with Crippen molar-refractivity contribution in [1.29, 1.82) is 0 Å². The summed E-state index contributed by atoms with van der Waals surface area (Å²) in [5.41, 5.74) is 2.38. The van der Waals surface area contributed by atoms with Crippen molar-refractivity contribution >= 4 is 24.3 Å². The Morgan fingerprint density at radius 1 is 1.00 bits per heavy atom. The van der Waals surface area contributed by atoms with Gasteiger partial charge < -0.3 is 29.9 Å². The number of hydrogen-bond donors (Lipinski definition) is 2. The van der Waals surface area contributed by atoms with Gasteiger partial charge in [0, 0.05) is 38.4 Å². The van der Waals surface area contributed by atoms with Gasteiger partial charge in [0.15, 0.2) is 0 Å². The molecular weight excluding hydrogens is 496 g/mol. The number of carbonyl (C=O) groups is 3. The fourth-order valence-electron chi connectivity index (χ4n) is 4.17. The van der Waals surface area contributed by atoms with Crippen molar-refractivity contribution in [3.63, 3.8) is 0 Å². The molecule has 0 radical (unpaired) electrons. The molecule has 2 N–H and O–H groups in total. The van der Waals surface area contributed by atoms with Crippen LogP contribution in [0.2, 0.25) is 0 Å². The van der Waals surface area contributed by atoms with E-state index in [9.17, 15) is 14.4 Å². The number of nitrogens with one attached hydrogen (secondary N) is 2. The summed E-state index contributed by atoms with van der Waals surface area (Å²) in [6, 6.07) is 17.3. The van der Waals surface area contributed by atoms with Crippen molar-refractivity contribution in [3.8, 4) is 0 Å². The lowest BCUT2D eigenvalue weighted by molar-refractivity contribution is -0.109. The molecule has 2 aromatic rings. The summed E-state index contributed by atoms with van der Waals surface area (Å²) >= 11 is 0. The zero-order chi connectivity index (χ0) is 28.1. The molecule has 3 rings (SSSR count). The second-order valence-electron chi connectivity index (χ2n) is 10.4. The molecule has 1 aliphatic heterocycles. The molecule has 0 aromatic heterocycles. The maximum absolute atomic E-state index is 12.7. The molecule has 210 valence electrons. The van der Waals surface area contributed by atoms with Crippen LogP contribution in [0.15, 0.2) is 66.7 Å². The molecule has 0 spiro atoms. The Morgan fingerprint density at radius 3 is 2.44 bits per heavy atom. The van der Waals surface area contributed by atoms with E-state index >= 15 is 0 Å². The van der Waals surface area contributed by atoms with Crippen LogP contribution in [-0.2, 0) is 20.9 Å².